The highest BCUT2D eigenvalue weighted by Crippen LogP contribution is 2.28. The zero-order valence-corrected chi connectivity index (χ0v) is 8.50. The van der Waals surface area contributed by atoms with E-state index in [1.807, 2.05) is 0 Å². The minimum atomic E-state index is -0.0231. The van der Waals surface area contributed by atoms with Crippen LogP contribution in [0.2, 0.25) is 0 Å². The monoisotopic (exact) mass is 183 g/mol. The van der Waals surface area contributed by atoms with Gasteiger partial charge in [0.15, 0.2) is 0 Å². The van der Waals surface area contributed by atoms with Crippen LogP contribution in [0, 0.1) is 11.8 Å². The third-order valence-electron chi connectivity index (χ3n) is 3.66. The number of aliphatic hydroxyl groups is 1. The van der Waals surface area contributed by atoms with Crippen LogP contribution in [0.15, 0.2) is 0 Å². The molecule has 2 fully saturated rings. The van der Waals surface area contributed by atoms with Crippen molar-refractivity contribution in [2.75, 3.05) is 6.54 Å². The second-order valence-electron chi connectivity index (χ2n) is 4.94. The molecule has 0 aromatic carbocycles. The molecule has 2 unspecified atom stereocenters. The van der Waals surface area contributed by atoms with Crippen molar-refractivity contribution in [3.63, 3.8) is 0 Å². The van der Waals surface area contributed by atoms with Crippen LogP contribution in [0.4, 0.5) is 0 Å². The zero-order chi connectivity index (χ0) is 9.26. The van der Waals surface area contributed by atoms with E-state index in [4.69, 9.17) is 0 Å². The van der Waals surface area contributed by atoms with E-state index in [-0.39, 0.29) is 6.10 Å². The summed E-state index contributed by atoms with van der Waals surface area (Å²) in [6.07, 6.45) is 6.11. The highest BCUT2D eigenvalue weighted by Gasteiger charge is 2.29. The predicted molar refractivity (Wildman–Crippen MR) is 53.5 cm³/mol. The highest BCUT2D eigenvalue weighted by atomic mass is 16.3. The maximum Gasteiger partial charge on any atom is 0.0580 e. The molecule has 13 heavy (non-hydrogen) atoms. The first-order valence-corrected chi connectivity index (χ1v) is 5.67. The fourth-order valence-electron chi connectivity index (χ4n) is 2.64. The van der Waals surface area contributed by atoms with E-state index in [2.05, 4.69) is 12.2 Å². The summed E-state index contributed by atoms with van der Waals surface area (Å²) in [5.74, 6) is 1.46. The van der Waals surface area contributed by atoms with Crippen LogP contribution in [0.25, 0.3) is 0 Å². The van der Waals surface area contributed by atoms with Crippen LogP contribution in [0.1, 0.15) is 39.0 Å². The second-order valence-corrected chi connectivity index (χ2v) is 4.94. The van der Waals surface area contributed by atoms with Gasteiger partial charge in [-0.2, -0.15) is 0 Å². The quantitative estimate of drug-likeness (QED) is 0.695. The lowest BCUT2D eigenvalue weighted by molar-refractivity contribution is 0.123. The number of aliphatic hydroxyl groups excluding tert-OH is 1. The summed E-state index contributed by atoms with van der Waals surface area (Å²) in [4.78, 5) is 0. The van der Waals surface area contributed by atoms with E-state index in [1.54, 1.807) is 0 Å². The van der Waals surface area contributed by atoms with Gasteiger partial charge >= 0.3 is 0 Å². The standard InChI is InChI=1S/C11H21NO/c1-8-5-10(6-8)12-7-9-3-2-4-11(9)13/h8-13H,2-7H2,1H3. The van der Waals surface area contributed by atoms with Gasteiger partial charge in [0.2, 0.25) is 0 Å². The molecular formula is C11H21NO. The summed E-state index contributed by atoms with van der Waals surface area (Å²) in [6, 6.07) is 0.753. The third-order valence-corrected chi connectivity index (χ3v) is 3.66. The van der Waals surface area contributed by atoms with Gasteiger partial charge in [0.05, 0.1) is 6.10 Å². The molecule has 2 aliphatic carbocycles. The Bertz CT molecular complexity index is 165. The van der Waals surface area contributed by atoms with E-state index in [0.29, 0.717) is 5.92 Å². The lowest BCUT2D eigenvalue weighted by Crippen LogP contribution is -2.43. The average molecular weight is 183 g/mol. The van der Waals surface area contributed by atoms with Crippen molar-refractivity contribution in [3.05, 3.63) is 0 Å². The molecule has 0 aromatic heterocycles. The summed E-state index contributed by atoms with van der Waals surface area (Å²) in [5, 5.41) is 13.2. The molecule has 0 aliphatic heterocycles. The molecule has 0 heterocycles. The van der Waals surface area contributed by atoms with E-state index in [1.165, 1.54) is 25.7 Å². The van der Waals surface area contributed by atoms with Gasteiger partial charge in [0.25, 0.3) is 0 Å². The summed E-state index contributed by atoms with van der Waals surface area (Å²) in [7, 11) is 0. The molecule has 2 rings (SSSR count). The summed E-state index contributed by atoms with van der Waals surface area (Å²) in [5.41, 5.74) is 0. The Hall–Kier alpha value is -0.0800. The van der Waals surface area contributed by atoms with E-state index >= 15 is 0 Å². The van der Waals surface area contributed by atoms with Crippen molar-refractivity contribution in [1.82, 2.24) is 5.32 Å². The first-order valence-electron chi connectivity index (χ1n) is 5.67. The summed E-state index contributed by atoms with van der Waals surface area (Å²) < 4.78 is 0. The SMILES string of the molecule is CC1CC(NCC2CCCC2O)C1. The topological polar surface area (TPSA) is 32.3 Å². The lowest BCUT2D eigenvalue weighted by Gasteiger charge is -2.34. The van der Waals surface area contributed by atoms with Crippen molar-refractivity contribution in [2.45, 2.75) is 51.2 Å². The van der Waals surface area contributed by atoms with Gasteiger partial charge in [0.1, 0.15) is 0 Å². The van der Waals surface area contributed by atoms with Crippen LogP contribution < -0.4 is 5.32 Å². The van der Waals surface area contributed by atoms with E-state index in [0.717, 1.165) is 24.9 Å². The van der Waals surface area contributed by atoms with Crippen LogP contribution >= 0.6 is 0 Å². The van der Waals surface area contributed by atoms with Gasteiger partial charge in [-0.1, -0.05) is 13.3 Å². The van der Waals surface area contributed by atoms with Crippen molar-refractivity contribution >= 4 is 0 Å². The van der Waals surface area contributed by atoms with Crippen LogP contribution in [0.5, 0.6) is 0 Å². The number of hydrogen-bond donors (Lipinski definition) is 2. The van der Waals surface area contributed by atoms with Crippen LogP contribution in [-0.4, -0.2) is 23.8 Å². The van der Waals surface area contributed by atoms with Crippen molar-refractivity contribution < 1.29 is 5.11 Å². The molecular weight excluding hydrogens is 162 g/mol. The fraction of sp³-hybridized carbons (Fsp3) is 1.00. The Balaban J connectivity index is 1.62. The minimum Gasteiger partial charge on any atom is -0.393 e. The molecule has 2 atom stereocenters. The molecule has 2 N–H and O–H groups in total. The minimum absolute atomic E-state index is 0.0231. The average Bonchev–Trinajstić information content (AvgIpc) is 2.43. The maximum absolute atomic E-state index is 9.60. The number of nitrogens with one attached hydrogen (secondary N) is 1. The van der Waals surface area contributed by atoms with Crippen LogP contribution in [-0.2, 0) is 0 Å². The molecule has 2 nitrogen and oxygen atoms in total. The van der Waals surface area contributed by atoms with Gasteiger partial charge < -0.3 is 10.4 Å². The normalized spacial score (nSPS) is 44.8. The largest absolute Gasteiger partial charge is 0.393 e. The molecule has 0 spiro atoms. The molecule has 0 bridgehead atoms. The Kier molecular flexibility index (Phi) is 2.89. The molecule has 2 saturated carbocycles. The first-order chi connectivity index (χ1) is 6.25. The summed E-state index contributed by atoms with van der Waals surface area (Å²) >= 11 is 0. The number of hydrogen-bond acceptors (Lipinski definition) is 2. The predicted octanol–water partition coefficient (Wildman–Crippen LogP) is 1.54. The smallest absolute Gasteiger partial charge is 0.0580 e. The Morgan fingerprint density at radius 2 is 2.08 bits per heavy atom. The van der Waals surface area contributed by atoms with Crippen LogP contribution in [0.3, 0.4) is 0 Å². The maximum atomic E-state index is 9.60. The molecule has 0 aromatic rings. The van der Waals surface area contributed by atoms with Gasteiger partial charge in [-0.15, -0.1) is 0 Å². The van der Waals surface area contributed by atoms with Gasteiger partial charge in [-0.25, -0.2) is 0 Å². The second kappa shape index (κ2) is 3.97. The van der Waals surface area contributed by atoms with Crippen molar-refractivity contribution in [1.29, 1.82) is 0 Å². The van der Waals surface area contributed by atoms with E-state index < -0.39 is 0 Å². The van der Waals surface area contributed by atoms with Gasteiger partial charge in [-0.3, -0.25) is 0 Å². The molecule has 2 heteroatoms. The highest BCUT2D eigenvalue weighted by molar-refractivity contribution is 4.85. The zero-order valence-electron chi connectivity index (χ0n) is 8.50. The van der Waals surface area contributed by atoms with E-state index in [9.17, 15) is 5.11 Å². The molecule has 0 amide bonds. The third kappa shape index (κ3) is 2.23. The Morgan fingerprint density at radius 1 is 1.31 bits per heavy atom. The Morgan fingerprint density at radius 3 is 2.62 bits per heavy atom. The molecule has 0 radical (unpaired) electrons. The first kappa shape index (κ1) is 9.47. The van der Waals surface area contributed by atoms with Gasteiger partial charge in [0, 0.05) is 12.6 Å². The van der Waals surface area contributed by atoms with Crippen molar-refractivity contribution in [2.24, 2.45) is 11.8 Å². The Labute approximate surface area is 80.7 Å². The fourth-order valence-corrected chi connectivity index (χ4v) is 2.64. The van der Waals surface area contributed by atoms with Crippen molar-refractivity contribution in [3.8, 4) is 0 Å². The van der Waals surface area contributed by atoms with Gasteiger partial charge in [-0.05, 0) is 37.5 Å². The molecule has 76 valence electrons. The molecule has 2 aliphatic rings. The summed E-state index contributed by atoms with van der Waals surface area (Å²) in [6.45, 7) is 3.35. The molecule has 0 saturated heterocycles. The lowest BCUT2D eigenvalue weighted by atomic mass is 9.81. The number of rotatable bonds is 3.